The van der Waals surface area contributed by atoms with E-state index in [1.54, 1.807) is 13.8 Å². The molecule has 0 atom stereocenters. The first kappa shape index (κ1) is 26.3. The number of ether oxygens (including phenoxy) is 2. The predicted octanol–water partition coefficient (Wildman–Crippen LogP) is 1.70. The first-order chi connectivity index (χ1) is 9.70. The van der Waals surface area contributed by atoms with Crippen molar-refractivity contribution in [2.75, 3.05) is 39.4 Å². The Labute approximate surface area is 145 Å². The van der Waals surface area contributed by atoms with Crippen molar-refractivity contribution in [3.05, 3.63) is 0 Å². The molecule has 22 heavy (non-hydrogen) atoms. The second-order valence-electron chi connectivity index (χ2n) is 4.32. The standard InChI is InChI=1S/C14H28N2O4.2ClH/c1-3-19-13(17)7-11-15-9-5-6-10-16-12-8-14(18)20-4-2;;/h15-16H,3-12H2,1-2H3;2*1H. The third-order valence-electron chi connectivity index (χ3n) is 2.58. The highest BCUT2D eigenvalue weighted by molar-refractivity contribution is 5.85. The summed E-state index contributed by atoms with van der Waals surface area (Å²) in [5, 5.41) is 6.40. The lowest BCUT2D eigenvalue weighted by Gasteiger charge is -2.06. The SMILES string of the molecule is CCOC(=O)CCNCCCCNCCC(=O)OCC.Cl.Cl. The van der Waals surface area contributed by atoms with Crippen LogP contribution in [0, 0.1) is 0 Å². The number of rotatable bonds is 13. The van der Waals surface area contributed by atoms with Crippen molar-refractivity contribution >= 4 is 36.8 Å². The molecule has 0 aromatic heterocycles. The van der Waals surface area contributed by atoms with E-state index in [0.29, 0.717) is 39.1 Å². The van der Waals surface area contributed by atoms with Crippen molar-refractivity contribution in [1.82, 2.24) is 10.6 Å². The summed E-state index contributed by atoms with van der Waals surface area (Å²) in [5.74, 6) is -0.304. The number of hydrogen-bond acceptors (Lipinski definition) is 6. The van der Waals surface area contributed by atoms with Crippen LogP contribution in [0.3, 0.4) is 0 Å². The summed E-state index contributed by atoms with van der Waals surface area (Å²) in [6.07, 6.45) is 2.92. The van der Waals surface area contributed by atoms with E-state index in [1.807, 2.05) is 0 Å². The first-order valence-corrected chi connectivity index (χ1v) is 7.43. The Bertz CT molecular complexity index is 243. The average Bonchev–Trinajstić information content (AvgIpc) is 2.41. The van der Waals surface area contributed by atoms with E-state index in [2.05, 4.69) is 10.6 Å². The highest BCUT2D eigenvalue weighted by Gasteiger charge is 2.01. The second-order valence-corrected chi connectivity index (χ2v) is 4.32. The zero-order valence-corrected chi connectivity index (χ0v) is 15.2. The summed E-state index contributed by atoms with van der Waals surface area (Å²) in [6, 6.07) is 0. The van der Waals surface area contributed by atoms with Crippen LogP contribution in [0.1, 0.15) is 39.5 Å². The molecule has 0 rings (SSSR count). The van der Waals surface area contributed by atoms with Crippen molar-refractivity contribution < 1.29 is 19.1 Å². The molecule has 0 saturated heterocycles. The summed E-state index contributed by atoms with van der Waals surface area (Å²) in [4.78, 5) is 22.1. The van der Waals surface area contributed by atoms with Gasteiger partial charge in [0.1, 0.15) is 0 Å². The van der Waals surface area contributed by atoms with Crippen LogP contribution < -0.4 is 10.6 Å². The van der Waals surface area contributed by atoms with E-state index in [1.165, 1.54) is 0 Å². The van der Waals surface area contributed by atoms with Gasteiger partial charge in [0.05, 0.1) is 26.1 Å². The highest BCUT2D eigenvalue weighted by atomic mass is 35.5. The fourth-order valence-electron chi connectivity index (χ4n) is 1.60. The van der Waals surface area contributed by atoms with Crippen LogP contribution in [0.2, 0.25) is 0 Å². The van der Waals surface area contributed by atoms with Crippen molar-refractivity contribution in [1.29, 1.82) is 0 Å². The van der Waals surface area contributed by atoms with Gasteiger partial charge in [-0.3, -0.25) is 9.59 Å². The molecule has 6 nitrogen and oxygen atoms in total. The molecule has 0 aliphatic heterocycles. The number of unbranched alkanes of at least 4 members (excludes halogenated alkanes) is 1. The summed E-state index contributed by atoms with van der Waals surface area (Å²) in [5.41, 5.74) is 0. The smallest absolute Gasteiger partial charge is 0.307 e. The Morgan fingerprint density at radius 3 is 1.41 bits per heavy atom. The zero-order chi connectivity index (χ0) is 15.1. The molecular weight excluding hydrogens is 331 g/mol. The van der Waals surface area contributed by atoms with Crippen LogP contribution in [0.4, 0.5) is 0 Å². The van der Waals surface area contributed by atoms with Gasteiger partial charge in [0, 0.05) is 13.1 Å². The monoisotopic (exact) mass is 360 g/mol. The number of halogens is 2. The molecule has 0 aromatic rings. The maximum absolute atomic E-state index is 11.0. The average molecular weight is 361 g/mol. The molecule has 0 fully saturated rings. The van der Waals surface area contributed by atoms with Crippen LogP contribution >= 0.6 is 24.8 Å². The normalized spacial score (nSPS) is 9.36. The van der Waals surface area contributed by atoms with Crippen LogP contribution in [-0.2, 0) is 19.1 Å². The first-order valence-electron chi connectivity index (χ1n) is 7.43. The lowest BCUT2D eigenvalue weighted by Crippen LogP contribution is -2.23. The third-order valence-corrected chi connectivity index (χ3v) is 2.58. The molecule has 0 aliphatic carbocycles. The Hall–Kier alpha value is -0.560. The minimum atomic E-state index is -0.152. The number of nitrogens with one attached hydrogen (secondary N) is 2. The van der Waals surface area contributed by atoms with Crippen molar-refractivity contribution in [2.45, 2.75) is 39.5 Å². The number of hydrogen-bond donors (Lipinski definition) is 2. The fourth-order valence-corrected chi connectivity index (χ4v) is 1.60. The van der Waals surface area contributed by atoms with E-state index in [9.17, 15) is 9.59 Å². The van der Waals surface area contributed by atoms with Gasteiger partial charge in [-0.25, -0.2) is 0 Å². The summed E-state index contributed by atoms with van der Waals surface area (Å²) in [6.45, 7) is 7.59. The second kappa shape index (κ2) is 20.4. The van der Waals surface area contributed by atoms with E-state index >= 15 is 0 Å². The van der Waals surface area contributed by atoms with E-state index in [0.717, 1.165) is 25.9 Å². The van der Waals surface area contributed by atoms with Crippen LogP contribution in [0.5, 0.6) is 0 Å². The number of carbonyl (C=O) groups excluding carboxylic acids is 2. The quantitative estimate of drug-likeness (QED) is 0.384. The summed E-state index contributed by atoms with van der Waals surface area (Å²) in [7, 11) is 0. The van der Waals surface area contributed by atoms with Crippen LogP contribution in [-0.4, -0.2) is 51.3 Å². The van der Waals surface area contributed by atoms with Gasteiger partial charge >= 0.3 is 11.9 Å². The molecule has 0 heterocycles. The van der Waals surface area contributed by atoms with Gasteiger partial charge in [0.15, 0.2) is 0 Å². The summed E-state index contributed by atoms with van der Waals surface area (Å²) >= 11 is 0. The molecule has 0 aliphatic rings. The maximum atomic E-state index is 11.0. The molecule has 0 amide bonds. The Morgan fingerprint density at radius 2 is 1.09 bits per heavy atom. The minimum Gasteiger partial charge on any atom is -0.466 e. The van der Waals surface area contributed by atoms with Gasteiger partial charge in [0.25, 0.3) is 0 Å². The zero-order valence-electron chi connectivity index (χ0n) is 13.5. The van der Waals surface area contributed by atoms with Crippen LogP contribution in [0.25, 0.3) is 0 Å². The Balaban J connectivity index is -0.00000180. The van der Waals surface area contributed by atoms with Gasteiger partial charge in [-0.1, -0.05) is 0 Å². The van der Waals surface area contributed by atoms with Gasteiger partial charge in [0.2, 0.25) is 0 Å². The van der Waals surface area contributed by atoms with Gasteiger partial charge in [-0.2, -0.15) is 0 Å². The molecule has 0 aromatic carbocycles. The molecule has 8 heteroatoms. The Kier molecular flexibility index (Phi) is 24.5. The largest absolute Gasteiger partial charge is 0.466 e. The van der Waals surface area contributed by atoms with Crippen molar-refractivity contribution in [2.24, 2.45) is 0 Å². The summed E-state index contributed by atoms with van der Waals surface area (Å²) < 4.78 is 9.65. The molecule has 0 spiro atoms. The fraction of sp³-hybridized carbons (Fsp3) is 0.857. The van der Waals surface area contributed by atoms with Crippen molar-refractivity contribution in [3.8, 4) is 0 Å². The van der Waals surface area contributed by atoms with Crippen LogP contribution in [0.15, 0.2) is 0 Å². The molecular formula is C14H30Cl2N2O4. The molecule has 2 N–H and O–H groups in total. The molecule has 134 valence electrons. The van der Waals surface area contributed by atoms with Gasteiger partial charge in [-0.15, -0.1) is 24.8 Å². The highest BCUT2D eigenvalue weighted by Crippen LogP contribution is 1.89. The number of esters is 2. The molecule has 0 bridgehead atoms. The maximum Gasteiger partial charge on any atom is 0.307 e. The molecule has 0 radical (unpaired) electrons. The van der Waals surface area contributed by atoms with Gasteiger partial charge < -0.3 is 20.1 Å². The third kappa shape index (κ3) is 19.4. The predicted molar refractivity (Wildman–Crippen MR) is 92.0 cm³/mol. The van der Waals surface area contributed by atoms with E-state index in [-0.39, 0.29) is 36.8 Å². The molecule has 0 unspecified atom stereocenters. The minimum absolute atomic E-state index is 0. The molecule has 0 saturated carbocycles. The topological polar surface area (TPSA) is 76.7 Å². The van der Waals surface area contributed by atoms with E-state index < -0.39 is 0 Å². The number of carbonyl (C=O) groups is 2. The lowest BCUT2D eigenvalue weighted by molar-refractivity contribution is -0.143. The Morgan fingerprint density at radius 1 is 0.727 bits per heavy atom. The van der Waals surface area contributed by atoms with E-state index in [4.69, 9.17) is 9.47 Å². The lowest BCUT2D eigenvalue weighted by atomic mass is 10.3. The van der Waals surface area contributed by atoms with Crippen molar-refractivity contribution in [3.63, 3.8) is 0 Å². The van der Waals surface area contributed by atoms with Gasteiger partial charge in [-0.05, 0) is 39.8 Å².